The number of amides is 1. The second kappa shape index (κ2) is 7.41. The van der Waals surface area contributed by atoms with E-state index in [9.17, 15) is 13.2 Å². The number of anilines is 1. The average molecular weight is 444 g/mol. The molecule has 0 radical (unpaired) electrons. The first kappa shape index (κ1) is 17.9. The van der Waals surface area contributed by atoms with Crippen molar-refractivity contribution >= 4 is 44.2 Å². The molecule has 2 aromatic carbocycles. The Hall–Kier alpha value is -1.45. The number of sulfonamides is 1. The summed E-state index contributed by atoms with van der Waals surface area (Å²) in [7, 11) is -2.12. The fourth-order valence-electron chi connectivity index (χ4n) is 2.10. The van der Waals surface area contributed by atoms with Crippen molar-refractivity contribution < 1.29 is 13.2 Å². The Kier molecular flexibility index (Phi) is 5.77. The SMILES string of the molecule is CN([C@@H](C(=O)Nc1ccc(I)cc1)c1ccccc1)S(C)(=O)=O. The van der Waals surface area contributed by atoms with Crippen molar-refractivity contribution in [1.29, 1.82) is 0 Å². The molecular formula is C16H17IN2O3S. The van der Waals surface area contributed by atoms with Gasteiger partial charge in [0, 0.05) is 16.3 Å². The standard InChI is InChI=1S/C16H17IN2O3S/c1-19(23(2,21)22)15(12-6-4-3-5-7-12)16(20)18-14-10-8-13(17)9-11-14/h3-11,15H,1-2H3,(H,18,20)/t15-/m1/s1. The van der Waals surface area contributed by atoms with Gasteiger partial charge in [0.25, 0.3) is 0 Å². The largest absolute Gasteiger partial charge is 0.324 e. The highest BCUT2D eigenvalue weighted by Gasteiger charge is 2.30. The molecule has 0 saturated carbocycles. The molecule has 2 aromatic rings. The van der Waals surface area contributed by atoms with Gasteiger partial charge in [-0.1, -0.05) is 30.3 Å². The number of rotatable bonds is 5. The van der Waals surface area contributed by atoms with E-state index in [2.05, 4.69) is 27.9 Å². The first-order chi connectivity index (χ1) is 10.8. The first-order valence-electron chi connectivity index (χ1n) is 6.83. The van der Waals surface area contributed by atoms with Gasteiger partial charge >= 0.3 is 0 Å². The van der Waals surface area contributed by atoms with Crippen molar-refractivity contribution in [3.05, 3.63) is 63.7 Å². The van der Waals surface area contributed by atoms with Gasteiger partial charge in [0.2, 0.25) is 15.9 Å². The van der Waals surface area contributed by atoms with Gasteiger partial charge in [0.15, 0.2) is 0 Å². The Bertz CT molecular complexity index is 777. The van der Waals surface area contributed by atoms with Gasteiger partial charge in [0.1, 0.15) is 6.04 Å². The fraction of sp³-hybridized carbons (Fsp3) is 0.188. The highest BCUT2D eigenvalue weighted by molar-refractivity contribution is 14.1. The summed E-state index contributed by atoms with van der Waals surface area (Å²) < 4.78 is 25.9. The molecule has 23 heavy (non-hydrogen) atoms. The zero-order valence-electron chi connectivity index (χ0n) is 12.7. The van der Waals surface area contributed by atoms with Crippen LogP contribution in [0, 0.1) is 3.57 Å². The predicted octanol–water partition coefficient (Wildman–Crippen LogP) is 2.86. The molecular weight excluding hydrogens is 427 g/mol. The molecule has 0 aromatic heterocycles. The Labute approximate surface area is 149 Å². The van der Waals surface area contributed by atoms with E-state index in [0.717, 1.165) is 14.1 Å². The summed E-state index contributed by atoms with van der Waals surface area (Å²) in [5.41, 5.74) is 1.24. The van der Waals surface area contributed by atoms with Crippen LogP contribution in [0.25, 0.3) is 0 Å². The van der Waals surface area contributed by atoms with E-state index in [1.165, 1.54) is 7.05 Å². The summed E-state index contributed by atoms with van der Waals surface area (Å²) in [6.07, 6.45) is 1.08. The molecule has 0 spiro atoms. The van der Waals surface area contributed by atoms with Crippen molar-refractivity contribution in [2.75, 3.05) is 18.6 Å². The molecule has 0 bridgehead atoms. The normalized spacial score (nSPS) is 12.9. The van der Waals surface area contributed by atoms with Gasteiger partial charge in [0.05, 0.1) is 6.26 Å². The predicted molar refractivity (Wildman–Crippen MR) is 99.6 cm³/mol. The van der Waals surface area contributed by atoms with Crippen molar-refractivity contribution in [3.63, 3.8) is 0 Å². The van der Waals surface area contributed by atoms with Crippen LogP contribution in [0.3, 0.4) is 0 Å². The fourth-order valence-corrected chi connectivity index (χ4v) is 3.06. The Morgan fingerprint density at radius 3 is 2.17 bits per heavy atom. The third-order valence-electron chi connectivity index (χ3n) is 3.36. The van der Waals surface area contributed by atoms with E-state index in [1.54, 1.807) is 36.4 Å². The molecule has 0 fully saturated rings. The Balaban J connectivity index is 2.33. The maximum atomic E-state index is 12.7. The molecule has 2 rings (SSSR count). The minimum atomic E-state index is -3.52. The highest BCUT2D eigenvalue weighted by Crippen LogP contribution is 2.24. The van der Waals surface area contributed by atoms with E-state index in [-0.39, 0.29) is 0 Å². The summed E-state index contributed by atoms with van der Waals surface area (Å²) in [4.78, 5) is 12.7. The minimum absolute atomic E-state index is 0.398. The number of carbonyl (C=O) groups excluding carboxylic acids is 1. The molecule has 0 aliphatic carbocycles. The second-order valence-corrected chi connectivity index (χ2v) is 8.38. The van der Waals surface area contributed by atoms with Gasteiger partial charge in [-0.2, -0.15) is 4.31 Å². The van der Waals surface area contributed by atoms with Crippen LogP contribution in [0.15, 0.2) is 54.6 Å². The molecule has 0 unspecified atom stereocenters. The molecule has 122 valence electrons. The molecule has 1 N–H and O–H groups in total. The number of carbonyl (C=O) groups is 1. The van der Waals surface area contributed by atoms with Gasteiger partial charge in [-0.3, -0.25) is 4.79 Å². The van der Waals surface area contributed by atoms with Gasteiger partial charge in [-0.15, -0.1) is 0 Å². The van der Waals surface area contributed by atoms with Crippen LogP contribution in [0.1, 0.15) is 11.6 Å². The van der Waals surface area contributed by atoms with Gasteiger partial charge < -0.3 is 5.32 Å². The lowest BCUT2D eigenvalue weighted by molar-refractivity contribution is -0.119. The second-order valence-electron chi connectivity index (χ2n) is 5.09. The summed E-state index contributed by atoms with van der Waals surface area (Å²) in [5, 5.41) is 2.77. The monoisotopic (exact) mass is 444 g/mol. The van der Waals surface area contributed by atoms with Crippen LogP contribution < -0.4 is 5.32 Å². The minimum Gasteiger partial charge on any atom is -0.324 e. The number of hydrogen-bond donors (Lipinski definition) is 1. The van der Waals surface area contributed by atoms with E-state index in [1.807, 2.05) is 18.2 Å². The number of nitrogens with zero attached hydrogens (tertiary/aromatic N) is 1. The maximum Gasteiger partial charge on any atom is 0.247 e. The van der Waals surface area contributed by atoms with Gasteiger partial charge in [-0.25, -0.2) is 8.42 Å². The molecule has 1 atom stereocenters. The summed E-state index contributed by atoms with van der Waals surface area (Å²) in [6, 6.07) is 15.2. The Morgan fingerprint density at radius 1 is 1.09 bits per heavy atom. The number of benzene rings is 2. The molecule has 7 heteroatoms. The van der Waals surface area contributed by atoms with Gasteiger partial charge in [-0.05, 0) is 52.4 Å². The maximum absolute atomic E-state index is 12.7. The van der Waals surface area contributed by atoms with Crippen molar-refractivity contribution in [1.82, 2.24) is 4.31 Å². The molecule has 0 aliphatic rings. The summed E-state index contributed by atoms with van der Waals surface area (Å²) in [6.45, 7) is 0. The zero-order chi connectivity index (χ0) is 17.0. The summed E-state index contributed by atoms with van der Waals surface area (Å²) >= 11 is 2.17. The molecule has 1 amide bonds. The molecule has 0 heterocycles. The quantitative estimate of drug-likeness (QED) is 0.722. The lowest BCUT2D eigenvalue weighted by Crippen LogP contribution is -2.38. The van der Waals surface area contributed by atoms with Crippen LogP contribution in [-0.4, -0.2) is 31.9 Å². The summed E-state index contributed by atoms with van der Waals surface area (Å²) in [5.74, 6) is -0.398. The van der Waals surface area contributed by atoms with Crippen LogP contribution >= 0.6 is 22.6 Å². The number of nitrogens with one attached hydrogen (secondary N) is 1. The zero-order valence-corrected chi connectivity index (χ0v) is 15.7. The smallest absolute Gasteiger partial charge is 0.247 e. The highest BCUT2D eigenvalue weighted by atomic mass is 127. The van der Waals surface area contributed by atoms with Crippen molar-refractivity contribution in [2.24, 2.45) is 0 Å². The van der Waals surface area contributed by atoms with Crippen molar-refractivity contribution in [2.45, 2.75) is 6.04 Å². The Morgan fingerprint density at radius 2 is 1.65 bits per heavy atom. The first-order valence-corrected chi connectivity index (χ1v) is 9.76. The topological polar surface area (TPSA) is 66.5 Å². The van der Waals surface area contributed by atoms with E-state index >= 15 is 0 Å². The molecule has 0 aliphatic heterocycles. The van der Waals surface area contributed by atoms with Crippen LogP contribution in [0.4, 0.5) is 5.69 Å². The number of likely N-dealkylation sites (N-methyl/N-ethyl adjacent to an activating group) is 1. The third-order valence-corrected chi connectivity index (χ3v) is 5.34. The van der Waals surface area contributed by atoms with Crippen LogP contribution in [-0.2, 0) is 14.8 Å². The molecule has 5 nitrogen and oxygen atoms in total. The van der Waals surface area contributed by atoms with Crippen molar-refractivity contribution in [3.8, 4) is 0 Å². The van der Waals surface area contributed by atoms with Crippen LogP contribution in [0.2, 0.25) is 0 Å². The molecule has 0 saturated heterocycles. The van der Waals surface area contributed by atoms with E-state index in [4.69, 9.17) is 0 Å². The lowest BCUT2D eigenvalue weighted by Gasteiger charge is -2.25. The number of halogens is 1. The lowest BCUT2D eigenvalue weighted by atomic mass is 10.1. The van der Waals surface area contributed by atoms with E-state index in [0.29, 0.717) is 11.3 Å². The average Bonchev–Trinajstić information content (AvgIpc) is 2.50. The third kappa shape index (κ3) is 4.76. The van der Waals surface area contributed by atoms with E-state index < -0.39 is 22.0 Å². The number of hydrogen-bond acceptors (Lipinski definition) is 3. The van der Waals surface area contributed by atoms with Crippen LogP contribution in [0.5, 0.6) is 0 Å².